The number of hydrogen-bond acceptors (Lipinski definition) is 6. The number of thioether (sulfide) groups is 1. The van der Waals surface area contributed by atoms with Gasteiger partial charge < -0.3 is 10.5 Å². The van der Waals surface area contributed by atoms with Gasteiger partial charge in [0.2, 0.25) is 10.0 Å². The van der Waals surface area contributed by atoms with Gasteiger partial charge in [-0.05, 0) is 30.6 Å². The first-order chi connectivity index (χ1) is 10.4. The Bertz CT molecular complexity index is 604. The minimum Gasteiger partial charge on any atom is -0.454 e. The quantitative estimate of drug-likeness (QED) is 0.613. The molecule has 0 radical (unpaired) electrons. The van der Waals surface area contributed by atoms with Gasteiger partial charge in [0.25, 0.3) is 5.91 Å². The molecule has 0 fully saturated rings. The zero-order chi connectivity index (χ0) is 16.6. The summed E-state index contributed by atoms with van der Waals surface area (Å²) in [5, 5.41) is 0. The molecule has 0 aliphatic rings. The van der Waals surface area contributed by atoms with Gasteiger partial charge in [-0.1, -0.05) is 18.2 Å². The summed E-state index contributed by atoms with van der Waals surface area (Å²) in [7, 11) is -3.85. The monoisotopic (exact) mass is 346 g/mol. The second-order valence-electron chi connectivity index (χ2n) is 4.34. The normalized spacial score (nSPS) is 12.6. The van der Waals surface area contributed by atoms with Crippen LogP contribution < -0.4 is 10.5 Å². The van der Waals surface area contributed by atoms with E-state index in [1.165, 1.54) is 23.9 Å². The third-order valence-corrected chi connectivity index (χ3v) is 4.73. The van der Waals surface area contributed by atoms with Gasteiger partial charge in [0.05, 0.1) is 4.90 Å². The first kappa shape index (κ1) is 18.5. The number of nitrogens with two attached hydrogens (primary N) is 1. The van der Waals surface area contributed by atoms with Gasteiger partial charge >= 0.3 is 5.97 Å². The Labute approximate surface area is 133 Å². The SMILES string of the molecule is CSCC[C@@H](NS(=O)(=O)c1ccccc1)C(=O)OCC(N)=O. The number of primary amides is 1. The lowest BCUT2D eigenvalue weighted by Gasteiger charge is -2.17. The number of nitrogens with one attached hydrogen (secondary N) is 1. The van der Waals surface area contributed by atoms with Crippen LogP contribution in [0.4, 0.5) is 0 Å². The van der Waals surface area contributed by atoms with Crippen molar-refractivity contribution < 1.29 is 22.7 Å². The molecule has 0 spiro atoms. The minimum absolute atomic E-state index is 0.0480. The molecule has 22 heavy (non-hydrogen) atoms. The Balaban J connectivity index is 2.84. The maximum Gasteiger partial charge on any atom is 0.324 e. The van der Waals surface area contributed by atoms with E-state index in [4.69, 9.17) is 10.5 Å². The summed E-state index contributed by atoms with van der Waals surface area (Å²) in [6.45, 7) is -0.582. The first-order valence-corrected chi connectivity index (χ1v) is 9.26. The van der Waals surface area contributed by atoms with Crippen molar-refractivity contribution in [3.63, 3.8) is 0 Å². The minimum atomic E-state index is -3.85. The fourth-order valence-corrected chi connectivity index (χ4v) is 3.27. The largest absolute Gasteiger partial charge is 0.454 e. The highest BCUT2D eigenvalue weighted by Crippen LogP contribution is 2.11. The molecule has 1 aromatic rings. The number of benzene rings is 1. The lowest BCUT2D eigenvalue weighted by molar-refractivity contribution is -0.149. The zero-order valence-electron chi connectivity index (χ0n) is 12.0. The highest BCUT2D eigenvalue weighted by Gasteiger charge is 2.26. The van der Waals surface area contributed by atoms with E-state index in [1.54, 1.807) is 18.2 Å². The van der Waals surface area contributed by atoms with Crippen molar-refractivity contribution >= 4 is 33.7 Å². The topological polar surface area (TPSA) is 116 Å². The smallest absolute Gasteiger partial charge is 0.324 e. The predicted molar refractivity (Wildman–Crippen MR) is 83.7 cm³/mol. The molecule has 7 nitrogen and oxygen atoms in total. The molecule has 0 aromatic heterocycles. The van der Waals surface area contributed by atoms with Crippen molar-refractivity contribution in [3.8, 4) is 0 Å². The number of rotatable bonds is 9. The lowest BCUT2D eigenvalue weighted by atomic mass is 10.2. The van der Waals surface area contributed by atoms with Crippen LogP contribution >= 0.6 is 11.8 Å². The van der Waals surface area contributed by atoms with Crippen LogP contribution in [-0.2, 0) is 24.3 Å². The van der Waals surface area contributed by atoms with E-state index in [2.05, 4.69) is 4.72 Å². The van der Waals surface area contributed by atoms with Crippen LogP contribution in [-0.4, -0.2) is 45.0 Å². The maximum atomic E-state index is 12.2. The van der Waals surface area contributed by atoms with Crippen molar-refractivity contribution in [1.29, 1.82) is 0 Å². The molecule has 9 heteroatoms. The van der Waals surface area contributed by atoms with Crippen LogP contribution in [0.15, 0.2) is 35.2 Å². The number of carbonyl (C=O) groups is 2. The van der Waals surface area contributed by atoms with Crippen LogP contribution in [0.5, 0.6) is 0 Å². The average molecular weight is 346 g/mol. The molecule has 0 saturated heterocycles. The molecule has 0 saturated carbocycles. The average Bonchev–Trinajstić information content (AvgIpc) is 2.49. The second-order valence-corrected chi connectivity index (χ2v) is 7.04. The molecular formula is C13H18N2O5S2. The summed E-state index contributed by atoms with van der Waals surface area (Å²) in [6.07, 6.45) is 2.07. The standard InChI is InChI=1S/C13H18N2O5S2/c1-21-8-7-11(13(17)20-9-12(14)16)15-22(18,19)10-5-3-2-4-6-10/h2-6,11,15H,7-9H2,1H3,(H2,14,16)/t11-/m1/s1. The van der Waals surface area contributed by atoms with Gasteiger partial charge in [0.15, 0.2) is 6.61 Å². The summed E-state index contributed by atoms with van der Waals surface area (Å²) in [6, 6.07) is 6.61. The van der Waals surface area contributed by atoms with Gasteiger partial charge in [-0.25, -0.2) is 8.42 Å². The van der Waals surface area contributed by atoms with Crippen molar-refractivity contribution in [3.05, 3.63) is 30.3 Å². The van der Waals surface area contributed by atoms with Gasteiger partial charge in [0.1, 0.15) is 6.04 Å². The van der Waals surface area contributed by atoms with Crippen LogP contribution in [0.1, 0.15) is 6.42 Å². The fourth-order valence-electron chi connectivity index (χ4n) is 1.56. The van der Waals surface area contributed by atoms with Gasteiger partial charge in [0, 0.05) is 0 Å². The molecule has 1 rings (SSSR count). The number of amides is 1. The van der Waals surface area contributed by atoms with Crippen LogP contribution in [0.25, 0.3) is 0 Å². The number of ether oxygens (including phenoxy) is 1. The third kappa shape index (κ3) is 6.04. The van der Waals surface area contributed by atoms with Crippen molar-refractivity contribution in [2.75, 3.05) is 18.6 Å². The van der Waals surface area contributed by atoms with Crippen LogP contribution in [0, 0.1) is 0 Å². The van der Waals surface area contributed by atoms with Gasteiger partial charge in [-0.3, -0.25) is 9.59 Å². The van der Waals surface area contributed by atoms with Crippen molar-refractivity contribution in [2.24, 2.45) is 5.73 Å². The van der Waals surface area contributed by atoms with E-state index in [9.17, 15) is 18.0 Å². The van der Waals surface area contributed by atoms with Crippen LogP contribution in [0.3, 0.4) is 0 Å². The molecular weight excluding hydrogens is 328 g/mol. The lowest BCUT2D eigenvalue weighted by Crippen LogP contribution is -2.43. The van der Waals surface area contributed by atoms with E-state index in [-0.39, 0.29) is 11.3 Å². The summed E-state index contributed by atoms with van der Waals surface area (Å²) in [5.41, 5.74) is 4.90. The van der Waals surface area contributed by atoms with E-state index in [0.29, 0.717) is 5.75 Å². The molecule has 122 valence electrons. The zero-order valence-corrected chi connectivity index (χ0v) is 13.7. The Morgan fingerprint density at radius 1 is 1.32 bits per heavy atom. The van der Waals surface area contributed by atoms with E-state index >= 15 is 0 Å². The molecule has 3 N–H and O–H groups in total. The molecule has 0 aliphatic carbocycles. The second kappa shape index (κ2) is 8.76. The molecule has 0 unspecified atom stereocenters. The number of carbonyl (C=O) groups excluding carboxylic acids is 2. The summed E-state index contributed by atoms with van der Waals surface area (Å²) in [5.74, 6) is -1.08. The molecule has 1 amide bonds. The Hall–Kier alpha value is -1.58. The first-order valence-electron chi connectivity index (χ1n) is 6.38. The molecule has 1 aromatic carbocycles. The van der Waals surface area contributed by atoms with E-state index in [0.717, 1.165) is 0 Å². The molecule has 0 heterocycles. The number of hydrogen-bond donors (Lipinski definition) is 2. The summed E-state index contributed by atoms with van der Waals surface area (Å²) < 4.78 is 31.5. The summed E-state index contributed by atoms with van der Waals surface area (Å²) in [4.78, 5) is 22.6. The Morgan fingerprint density at radius 2 is 1.95 bits per heavy atom. The molecule has 0 aliphatic heterocycles. The van der Waals surface area contributed by atoms with Gasteiger partial charge in [-0.15, -0.1) is 0 Å². The van der Waals surface area contributed by atoms with Gasteiger partial charge in [-0.2, -0.15) is 16.5 Å². The van der Waals surface area contributed by atoms with E-state index < -0.39 is 34.5 Å². The predicted octanol–water partition coefficient (Wildman–Crippen LogP) is 0.115. The Kier molecular flexibility index (Phi) is 7.36. The number of esters is 1. The van der Waals surface area contributed by atoms with Crippen molar-refractivity contribution in [1.82, 2.24) is 4.72 Å². The fraction of sp³-hybridized carbons (Fsp3) is 0.385. The maximum absolute atomic E-state index is 12.2. The van der Waals surface area contributed by atoms with E-state index in [1.807, 2.05) is 6.26 Å². The Morgan fingerprint density at radius 3 is 2.50 bits per heavy atom. The molecule has 0 bridgehead atoms. The highest BCUT2D eigenvalue weighted by atomic mass is 32.2. The van der Waals surface area contributed by atoms with Crippen molar-refractivity contribution in [2.45, 2.75) is 17.4 Å². The number of sulfonamides is 1. The summed E-state index contributed by atoms with van der Waals surface area (Å²) >= 11 is 1.46. The van der Waals surface area contributed by atoms with Crippen LogP contribution in [0.2, 0.25) is 0 Å². The molecule has 1 atom stereocenters. The third-order valence-electron chi connectivity index (χ3n) is 2.60. The highest BCUT2D eigenvalue weighted by molar-refractivity contribution is 7.98.